The number of fused-ring (bicyclic) bond motifs is 1. The molecular weight excluding hydrogens is 495 g/mol. The summed E-state index contributed by atoms with van der Waals surface area (Å²) in [5.41, 5.74) is 5.22. The first-order chi connectivity index (χ1) is 18.3. The molecule has 4 rings (SSSR count). The molecule has 0 saturated heterocycles. The Morgan fingerprint density at radius 2 is 1.82 bits per heavy atom. The number of hydrogen-bond donors (Lipinski definition) is 3. The molecule has 38 heavy (non-hydrogen) atoms. The third-order valence-corrected chi connectivity index (χ3v) is 5.85. The van der Waals surface area contributed by atoms with Gasteiger partial charge in [0.15, 0.2) is 5.65 Å². The van der Waals surface area contributed by atoms with Gasteiger partial charge in [-0.1, -0.05) is 25.1 Å². The molecular formula is C27H30F3N7O. The van der Waals surface area contributed by atoms with Crippen LogP contribution in [0.2, 0.25) is 0 Å². The normalized spacial score (nSPS) is 11.6. The lowest BCUT2D eigenvalue weighted by molar-refractivity contribution is -0.122. The molecule has 3 aromatic heterocycles. The summed E-state index contributed by atoms with van der Waals surface area (Å²) in [5.74, 6) is 0. The zero-order chi connectivity index (χ0) is 27.0. The predicted molar refractivity (Wildman–Crippen MR) is 141 cm³/mol. The molecule has 0 fully saturated rings. The van der Waals surface area contributed by atoms with E-state index in [1.54, 1.807) is 46.5 Å². The number of imidazole rings is 1. The fourth-order valence-electron chi connectivity index (χ4n) is 3.94. The lowest BCUT2D eigenvalue weighted by Crippen LogP contribution is -2.36. The van der Waals surface area contributed by atoms with Crippen molar-refractivity contribution in [3.8, 4) is 22.4 Å². The lowest BCUT2D eigenvalue weighted by Gasteiger charge is -2.10. The molecule has 0 aliphatic heterocycles. The second-order valence-electron chi connectivity index (χ2n) is 8.91. The van der Waals surface area contributed by atoms with Gasteiger partial charge >= 0.3 is 12.2 Å². The van der Waals surface area contributed by atoms with Crippen LogP contribution in [0, 0.1) is 0 Å². The highest BCUT2D eigenvalue weighted by Gasteiger charge is 2.27. The number of rotatable bonds is 11. The largest absolute Gasteiger partial charge is 0.405 e. The monoisotopic (exact) mass is 525 g/mol. The van der Waals surface area contributed by atoms with Crippen molar-refractivity contribution in [3.63, 3.8) is 0 Å². The third kappa shape index (κ3) is 7.51. The molecule has 0 unspecified atom stereocenters. The van der Waals surface area contributed by atoms with Gasteiger partial charge in [-0.3, -0.25) is 4.98 Å². The maximum Gasteiger partial charge on any atom is 0.405 e. The summed E-state index contributed by atoms with van der Waals surface area (Å²) in [5, 5.41) is 12.2. The number of amides is 2. The zero-order valence-corrected chi connectivity index (χ0v) is 21.1. The molecule has 0 saturated carbocycles. The molecule has 0 atom stereocenters. The van der Waals surface area contributed by atoms with E-state index in [1.165, 1.54) is 0 Å². The average molecular weight is 526 g/mol. The van der Waals surface area contributed by atoms with Crippen LogP contribution in [0.1, 0.15) is 31.9 Å². The van der Waals surface area contributed by atoms with E-state index in [1.807, 2.05) is 24.4 Å². The van der Waals surface area contributed by atoms with Crippen molar-refractivity contribution < 1.29 is 18.0 Å². The highest BCUT2D eigenvalue weighted by atomic mass is 19.4. The number of benzene rings is 1. The van der Waals surface area contributed by atoms with Crippen LogP contribution in [0.15, 0.2) is 61.1 Å². The zero-order valence-electron chi connectivity index (χ0n) is 21.1. The number of aryl methyl sites for hydroxylation is 1. The average Bonchev–Trinajstić information content (AvgIpc) is 3.33. The Labute approximate surface area is 218 Å². The smallest absolute Gasteiger partial charge is 0.329 e. The van der Waals surface area contributed by atoms with E-state index >= 15 is 0 Å². The summed E-state index contributed by atoms with van der Waals surface area (Å²) in [6, 6.07) is 11.8. The Balaban J connectivity index is 1.41. The van der Waals surface area contributed by atoms with Crippen molar-refractivity contribution in [2.24, 2.45) is 0 Å². The molecule has 0 spiro atoms. The fourth-order valence-corrected chi connectivity index (χ4v) is 3.94. The highest BCUT2D eigenvalue weighted by Crippen LogP contribution is 2.26. The number of pyridine rings is 1. The molecule has 11 heteroatoms. The minimum atomic E-state index is -4.48. The van der Waals surface area contributed by atoms with Gasteiger partial charge in [0.25, 0.3) is 0 Å². The second kappa shape index (κ2) is 12.5. The number of halogens is 3. The van der Waals surface area contributed by atoms with Gasteiger partial charge in [-0.25, -0.2) is 14.3 Å². The minimum absolute atomic E-state index is 0.345. The van der Waals surface area contributed by atoms with Crippen molar-refractivity contribution in [3.05, 3.63) is 66.7 Å². The number of urea groups is 1. The van der Waals surface area contributed by atoms with Crippen LogP contribution in [0.5, 0.6) is 0 Å². The van der Waals surface area contributed by atoms with Crippen LogP contribution in [0.4, 0.5) is 23.7 Å². The summed E-state index contributed by atoms with van der Waals surface area (Å²) in [7, 11) is 0. The first kappa shape index (κ1) is 27.1. The Hall–Kier alpha value is -3.99. The first-order valence-corrected chi connectivity index (χ1v) is 12.5. The topological polar surface area (TPSA) is 96.2 Å². The van der Waals surface area contributed by atoms with Gasteiger partial charge in [0, 0.05) is 34.3 Å². The first-order valence-electron chi connectivity index (χ1n) is 12.5. The van der Waals surface area contributed by atoms with E-state index in [-0.39, 0.29) is 0 Å². The van der Waals surface area contributed by atoms with E-state index < -0.39 is 18.8 Å². The maximum atomic E-state index is 12.3. The molecule has 8 nitrogen and oxygen atoms in total. The summed E-state index contributed by atoms with van der Waals surface area (Å²) in [4.78, 5) is 20.9. The van der Waals surface area contributed by atoms with E-state index in [0.29, 0.717) is 22.6 Å². The third-order valence-electron chi connectivity index (χ3n) is 5.85. The molecule has 200 valence electrons. The number of carbonyl (C=O) groups is 1. The number of alkyl halides is 3. The van der Waals surface area contributed by atoms with Gasteiger partial charge in [-0.05, 0) is 63.0 Å². The number of hydrogen-bond acceptors (Lipinski definition) is 5. The van der Waals surface area contributed by atoms with E-state index in [4.69, 9.17) is 0 Å². The summed E-state index contributed by atoms with van der Waals surface area (Å²) in [6.07, 6.45) is 5.05. The minimum Gasteiger partial charge on any atom is -0.329 e. The van der Waals surface area contributed by atoms with Crippen molar-refractivity contribution in [1.82, 2.24) is 30.2 Å². The SMILES string of the molecule is CCCNCCCCc1ccc(-c2cnn3c(-c4cccc(NC(=O)NCC(F)(F)F)c4)cnc3c2)cn1. The van der Waals surface area contributed by atoms with E-state index in [9.17, 15) is 18.0 Å². The van der Waals surface area contributed by atoms with E-state index in [0.717, 1.165) is 55.6 Å². The van der Waals surface area contributed by atoms with Gasteiger partial charge in [0.05, 0.1) is 18.1 Å². The summed E-state index contributed by atoms with van der Waals surface area (Å²) < 4.78 is 38.7. The summed E-state index contributed by atoms with van der Waals surface area (Å²) in [6.45, 7) is 2.84. The molecule has 4 aromatic rings. The molecule has 2 amide bonds. The highest BCUT2D eigenvalue weighted by molar-refractivity contribution is 5.90. The van der Waals surface area contributed by atoms with Crippen LogP contribution >= 0.6 is 0 Å². The second-order valence-corrected chi connectivity index (χ2v) is 8.91. The van der Waals surface area contributed by atoms with E-state index in [2.05, 4.69) is 32.6 Å². The Morgan fingerprint density at radius 3 is 2.58 bits per heavy atom. The van der Waals surface area contributed by atoms with Gasteiger partial charge in [0.1, 0.15) is 6.54 Å². The van der Waals surface area contributed by atoms with Gasteiger partial charge in [0.2, 0.25) is 0 Å². The number of carbonyl (C=O) groups excluding carboxylic acids is 1. The van der Waals surface area contributed by atoms with Crippen LogP contribution in [-0.4, -0.2) is 51.4 Å². The van der Waals surface area contributed by atoms with Gasteiger partial charge in [-0.15, -0.1) is 0 Å². The molecule has 0 bridgehead atoms. The van der Waals surface area contributed by atoms with Crippen molar-refractivity contribution >= 4 is 17.4 Å². The number of aromatic nitrogens is 4. The number of anilines is 1. The Kier molecular flexibility index (Phi) is 8.90. The number of unbranched alkanes of at least 4 members (excludes halogenated alkanes) is 1. The number of nitrogens with zero attached hydrogens (tertiary/aromatic N) is 4. The molecule has 0 aliphatic carbocycles. The van der Waals surface area contributed by atoms with Crippen LogP contribution in [-0.2, 0) is 6.42 Å². The fraction of sp³-hybridized carbons (Fsp3) is 0.333. The van der Waals surface area contributed by atoms with Crippen LogP contribution in [0.25, 0.3) is 28.0 Å². The van der Waals surface area contributed by atoms with Gasteiger partial charge < -0.3 is 16.0 Å². The molecule has 3 heterocycles. The standard InChI is InChI=1S/C27H30F3N7O/c1-2-11-31-12-4-3-7-22-10-9-20(15-32-22)21-14-25-33-17-24(37(25)35-16-21)19-6-5-8-23(13-19)36-26(38)34-18-27(28,29)30/h5-6,8-10,13-17,31H,2-4,7,11-12,18H2,1H3,(H2,34,36,38). The molecule has 0 radical (unpaired) electrons. The Bertz CT molecular complexity index is 1350. The quantitative estimate of drug-likeness (QED) is 0.226. The van der Waals surface area contributed by atoms with Crippen LogP contribution in [0.3, 0.4) is 0 Å². The Morgan fingerprint density at radius 1 is 0.947 bits per heavy atom. The molecule has 0 aliphatic rings. The van der Waals surface area contributed by atoms with Crippen molar-refractivity contribution in [2.75, 3.05) is 25.0 Å². The van der Waals surface area contributed by atoms with Crippen molar-refractivity contribution in [1.29, 1.82) is 0 Å². The predicted octanol–water partition coefficient (Wildman–Crippen LogP) is 5.46. The molecule has 1 aromatic carbocycles. The lowest BCUT2D eigenvalue weighted by atomic mass is 10.1. The maximum absolute atomic E-state index is 12.3. The van der Waals surface area contributed by atoms with Crippen molar-refractivity contribution in [2.45, 2.75) is 38.8 Å². The summed E-state index contributed by atoms with van der Waals surface area (Å²) >= 11 is 0. The van der Waals surface area contributed by atoms with Crippen LogP contribution < -0.4 is 16.0 Å². The molecule has 3 N–H and O–H groups in total. The number of nitrogens with one attached hydrogen (secondary N) is 3. The van der Waals surface area contributed by atoms with Gasteiger partial charge in [-0.2, -0.15) is 18.3 Å².